The number of rotatable bonds is 5. The molecule has 0 aliphatic carbocycles. The summed E-state index contributed by atoms with van der Waals surface area (Å²) in [4.78, 5) is 0. The maximum atomic E-state index is 8.59. The van der Waals surface area contributed by atoms with Gasteiger partial charge in [-0.05, 0) is 33.2 Å². The predicted octanol–water partition coefficient (Wildman–Crippen LogP) is 0.500. The van der Waals surface area contributed by atoms with E-state index in [0.29, 0.717) is 19.3 Å². The van der Waals surface area contributed by atoms with Crippen molar-refractivity contribution in [2.24, 2.45) is 0 Å². The Labute approximate surface area is 85.6 Å². The van der Waals surface area contributed by atoms with Crippen LogP contribution in [0.15, 0.2) is 0 Å². The van der Waals surface area contributed by atoms with Crippen molar-refractivity contribution in [1.29, 1.82) is 0 Å². The van der Waals surface area contributed by atoms with Crippen molar-refractivity contribution < 1.29 is 14.6 Å². The van der Waals surface area contributed by atoms with Crippen LogP contribution in [0.3, 0.4) is 0 Å². The van der Waals surface area contributed by atoms with Crippen molar-refractivity contribution in [3.05, 3.63) is 0 Å². The SMILES string of the molecule is CC1(C)OCC(NCCCCO)CO1. The van der Waals surface area contributed by atoms with Crippen LogP contribution >= 0.6 is 0 Å². The van der Waals surface area contributed by atoms with Crippen molar-refractivity contribution in [3.8, 4) is 0 Å². The Bertz CT molecular complexity index is 151. The maximum Gasteiger partial charge on any atom is 0.162 e. The first-order chi connectivity index (χ1) is 6.64. The summed E-state index contributed by atoms with van der Waals surface area (Å²) in [5.41, 5.74) is 0. The van der Waals surface area contributed by atoms with Gasteiger partial charge >= 0.3 is 0 Å². The highest BCUT2D eigenvalue weighted by atomic mass is 16.7. The van der Waals surface area contributed by atoms with Gasteiger partial charge in [-0.2, -0.15) is 0 Å². The summed E-state index contributed by atoms with van der Waals surface area (Å²) >= 11 is 0. The Balaban J connectivity index is 2.04. The fourth-order valence-corrected chi connectivity index (χ4v) is 1.35. The highest BCUT2D eigenvalue weighted by molar-refractivity contribution is 4.72. The van der Waals surface area contributed by atoms with Crippen molar-refractivity contribution in [1.82, 2.24) is 5.32 Å². The Kier molecular flexibility index (Phi) is 4.81. The molecule has 0 atom stereocenters. The van der Waals surface area contributed by atoms with Crippen molar-refractivity contribution in [3.63, 3.8) is 0 Å². The molecule has 0 spiro atoms. The first-order valence-corrected chi connectivity index (χ1v) is 5.26. The molecule has 4 heteroatoms. The third kappa shape index (κ3) is 4.37. The van der Waals surface area contributed by atoms with Crippen LogP contribution in [0.2, 0.25) is 0 Å². The lowest BCUT2D eigenvalue weighted by atomic mass is 10.2. The summed E-state index contributed by atoms with van der Waals surface area (Å²) in [6.07, 6.45) is 1.85. The molecule has 14 heavy (non-hydrogen) atoms. The number of aliphatic hydroxyl groups is 1. The molecule has 0 unspecified atom stereocenters. The second-order valence-electron chi connectivity index (χ2n) is 4.10. The molecule has 0 aromatic carbocycles. The van der Waals surface area contributed by atoms with E-state index in [9.17, 15) is 0 Å². The van der Waals surface area contributed by atoms with E-state index < -0.39 is 5.79 Å². The van der Waals surface area contributed by atoms with Gasteiger partial charge in [-0.25, -0.2) is 0 Å². The van der Waals surface area contributed by atoms with Crippen LogP contribution in [0.25, 0.3) is 0 Å². The van der Waals surface area contributed by atoms with E-state index >= 15 is 0 Å². The number of ether oxygens (including phenoxy) is 2. The van der Waals surface area contributed by atoms with Crippen LogP contribution in [-0.4, -0.2) is 43.3 Å². The normalized spacial score (nSPS) is 22.5. The molecule has 1 saturated heterocycles. The molecule has 0 saturated carbocycles. The van der Waals surface area contributed by atoms with Gasteiger partial charge < -0.3 is 19.9 Å². The summed E-state index contributed by atoms with van der Waals surface area (Å²) in [5.74, 6) is -0.427. The number of hydrogen-bond acceptors (Lipinski definition) is 4. The molecule has 1 fully saturated rings. The first kappa shape index (κ1) is 11.9. The summed E-state index contributed by atoms with van der Waals surface area (Å²) in [7, 11) is 0. The van der Waals surface area contributed by atoms with Crippen LogP contribution in [0, 0.1) is 0 Å². The fraction of sp³-hybridized carbons (Fsp3) is 1.00. The number of aliphatic hydroxyl groups excluding tert-OH is 1. The van der Waals surface area contributed by atoms with Gasteiger partial charge in [0.15, 0.2) is 5.79 Å². The zero-order chi connectivity index (χ0) is 10.4. The van der Waals surface area contributed by atoms with Crippen molar-refractivity contribution in [2.75, 3.05) is 26.4 Å². The number of nitrogens with one attached hydrogen (secondary N) is 1. The lowest BCUT2D eigenvalue weighted by Crippen LogP contribution is -2.48. The standard InChI is InChI=1S/C10H21NO3/c1-10(2)13-7-9(8-14-10)11-5-3-4-6-12/h9,11-12H,3-8H2,1-2H3. The number of hydrogen-bond donors (Lipinski definition) is 2. The molecule has 4 nitrogen and oxygen atoms in total. The minimum absolute atomic E-state index is 0.270. The van der Waals surface area contributed by atoms with Gasteiger partial charge in [-0.1, -0.05) is 0 Å². The molecule has 84 valence electrons. The first-order valence-electron chi connectivity index (χ1n) is 5.26. The van der Waals surface area contributed by atoms with Crippen LogP contribution in [0.4, 0.5) is 0 Å². The van der Waals surface area contributed by atoms with Crippen LogP contribution < -0.4 is 5.32 Å². The molecule has 1 aliphatic heterocycles. The second kappa shape index (κ2) is 5.66. The molecule has 1 heterocycles. The summed E-state index contributed by atoms with van der Waals surface area (Å²) in [6.45, 7) is 6.44. The molecule has 0 aromatic rings. The Morgan fingerprint density at radius 2 is 1.93 bits per heavy atom. The van der Waals surface area contributed by atoms with Gasteiger partial charge in [-0.15, -0.1) is 0 Å². The van der Waals surface area contributed by atoms with E-state index in [-0.39, 0.29) is 6.61 Å². The van der Waals surface area contributed by atoms with E-state index in [4.69, 9.17) is 14.6 Å². The Hall–Kier alpha value is -0.160. The van der Waals surface area contributed by atoms with E-state index in [1.165, 1.54) is 0 Å². The smallest absolute Gasteiger partial charge is 0.162 e. The monoisotopic (exact) mass is 203 g/mol. The Morgan fingerprint density at radius 1 is 1.29 bits per heavy atom. The summed E-state index contributed by atoms with van der Waals surface area (Å²) < 4.78 is 11.0. The molecule has 1 aliphatic rings. The van der Waals surface area contributed by atoms with Crippen molar-refractivity contribution in [2.45, 2.75) is 38.5 Å². The molecule has 0 amide bonds. The zero-order valence-corrected chi connectivity index (χ0v) is 9.08. The van der Waals surface area contributed by atoms with Crippen LogP contribution in [-0.2, 0) is 9.47 Å². The minimum Gasteiger partial charge on any atom is -0.396 e. The third-order valence-electron chi connectivity index (χ3n) is 2.28. The number of unbranched alkanes of at least 4 members (excludes halogenated alkanes) is 1. The highest BCUT2D eigenvalue weighted by Gasteiger charge is 2.27. The van der Waals surface area contributed by atoms with E-state index in [1.807, 2.05) is 13.8 Å². The lowest BCUT2D eigenvalue weighted by Gasteiger charge is -2.35. The summed E-state index contributed by atoms with van der Waals surface area (Å²) in [6, 6.07) is 0.293. The molecule has 0 radical (unpaired) electrons. The fourth-order valence-electron chi connectivity index (χ4n) is 1.35. The van der Waals surface area contributed by atoms with Gasteiger partial charge in [0.25, 0.3) is 0 Å². The largest absolute Gasteiger partial charge is 0.396 e. The minimum atomic E-state index is -0.427. The molecule has 2 N–H and O–H groups in total. The van der Waals surface area contributed by atoms with Gasteiger partial charge in [-0.3, -0.25) is 0 Å². The van der Waals surface area contributed by atoms with Gasteiger partial charge in [0.05, 0.1) is 19.3 Å². The average Bonchev–Trinajstić information content (AvgIpc) is 2.15. The summed E-state index contributed by atoms with van der Waals surface area (Å²) in [5, 5.41) is 11.9. The molecule has 0 bridgehead atoms. The van der Waals surface area contributed by atoms with Crippen LogP contribution in [0.1, 0.15) is 26.7 Å². The topological polar surface area (TPSA) is 50.7 Å². The maximum absolute atomic E-state index is 8.59. The second-order valence-corrected chi connectivity index (χ2v) is 4.10. The van der Waals surface area contributed by atoms with Crippen molar-refractivity contribution >= 4 is 0 Å². The average molecular weight is 203 g/mol. The Morgan fingerprint density at radius 3 is 2.50 bits per heavy atom. The highest BCUT2D eigenvalue weighted by Crippen LogP contribution is 2.16. The lowest BCUT2D eigenvalue weighted by molar-refractivity contribution is -0.252. The van der Waals surface area contributed by atoms with Crippen LogP contribution in [0.5, 0.6) is 0 Å². The van der Waals surface area contributed by atoms with Gasteiger partial charge in [0.1, 0.15) is 0 Å². The van der Waals surface area contributed by atoms with E-state index in [0.717, 1.165) is 19.4 Å². The zero-order valence-electron chi connectivity index (χ0n) is 9.08. The predicted molar refractivity (Wildman–Crippen MR) is 54.1 cm³/mol. The van der Waals surface area contributed by atoms with E-state index in [2.05, 4.69) is 5.32 Å². The molecule has 0 aromatic heterocycles. The van der Waals surface area contributed by atoms with Gasteiger partial charge in [0, 0.05) is 6.61 Å². The van der Waals surface area contributed by atoms with E-state index in [1.54, 1.807) is 0 Å². The third-order valence-corrected chi connectivity index (χ3v) is 2.28. The van der Waals surface area contributed by atoms with Gasteiger partial charge in [0.2, 0.25) is 0 Å². The quantitative estimate of drug-likeness (QED) is 0.639. The molecule has 1 rings (SSSR count). The molecular formula is C10H21NO3. The molecular weight excluding hydrogens is 182 g/mol.